The number of ketones is 1. The van der Waals surface area contributed by atoms with Crippen molar-refractivity contribution in [2.24, 2.45) is 11.3 Å². The number of rotatable bonds is 4. The lowest BCUT2D eigenvalue weighted by Crippen LogP contribution is -2.15. The molecule has 0 bridgehead atoms. The number of Topliss-reactive ketones (excluding diaryl/α,β-unsaturated/α-hetero) is 1. The van der Waals surface area contributed by atoms with Gasteiger partial charge in [0.05, 0.1) is 5.56 Å². The van der Waals surface area contributed by atoms with Crippen molar-refractivity contribution in [1.29, 1.82) is 0 Å². The summed E-state index contributed by atoms with van der Waals surface area (Å²) in [6.07, 6.45) is 1.18. The summed E-state index contributed by atoms with van der Waals surface area (Å²) < 4.78 is 26.8. The molecule has 19 heavy (non-hydrogen) atoms. The molecule has 1 nitrogen and oxygen atoms in total. The van der Waals surface area contributed by atoms with Crippen LogP contribution in [0.25, 0.3) is 0 Å². The second-order valence-electron chi connectivity index (χ2n) is 6.58. The van der Waals surface area contributed by atoms with Crippen LogP contribution >= 0.6 is 0 Å². The zero-order valence-corrected chi connectivity index (χ0v) is 12.3. The molecule has 0 heterocycles. The summed E-state index contributed by atoms with van der Waals surface area (Å²) in [5, 5.41) is 0. The molecule has 0 N–H and O–H groups in total. The second-order valence-corrected chi connectivity index (χ2v) is 6.58. The molecule has 0 aliphatic carbocycles. The molecule has 0 saturated heterocycles. The number of carbonyl (C=O) groups excluding carboxylic acids is 1. The van der Waals surface area contributed by atoms with E-state index in [0.29, 0.717) is 12.0 Å². The lowest BCUT2D eigenvalue weighted by Gasteiger charge is -2.22. The molecule has 0 aromatic heterocycles. The smallest absolute Gasteiger partial charge is 0.166 e. The Kier molecular flexibility index (Phi) is 4.83. The van der Waals surface area contributed by atoms with Gasteiger partial charge in [0.25, 0.3) is 0 Å². The minimum Gasteiger partial charge on any atom is -0.294 e. The summed E-state index contributed by atoms with van der Waals surface area (Å²) in [7, 11) is 0. The van der Waals surface area contributed by atoms with Crippen LogP contribution in [-0.4, -0.2) is 5.78 Å². The number of halogens is 2. The summed E-state index contributed by atoms with van der Waals surface area (Å²) in [5.41, 5.74) is 0.435. The van der Waals surface area contributed by atoms with E-state index < -0.39 is 11.6 Å². The van der Waals surface area contributed by atoms with Gasteiger partial charge in [0, 0.05) is 12.5 Å². The Morgan fingerprint density at radius 3 is 2.32 bits per heavy atom. The molecule has 0 fully saturated rings. The number of hydrogen-bond acceptors (Lipinski definition) is 1. The molecule has 0 spiro atoms. The van der Waals surface area contributed by atoms with Gasteiger partial charge in [-0.2, -0.15) is 0 Å². The summed E-state index contributed by atoms with van der Waals surface area (Å²) in [6, 6.07) is 2.09. The molecule has 0 aliphatic heterocycles. The highest BCUT2D eigenvalue weighted by Crippen LogP contribution is 2.27. The largest absolute Gasteiger partial charge is 0.294 e. The summed E-state index contributed by atoms with van der Waals surface area (Å²) in [5.74, 6) is -1.46. The fraction of sp³-hybridized carbons (Fsp3) is 0.562. The average Bonchev–Trinajstić information content (AvgIpc) is 2.20. The van der Waals surface area contributed by atoms with Crippen molar-refractivity contribution in [2.75, 3.05) is 0 Å². The van der Waals surface area contributed by atoms with Gasteiger partial charge in [-0.3, -0.25) is 4.79 Å². The van der Waals surface area contributed by atoms with Gasteiger partial charge >= 0.3 is 0 Å². The third kappa shape index (κ3) is 4.73. The fourth-order valence-electron chi connectivity index (χ4n) is 2.41. The SMILES string of the molecule is Cc1cc(C(=O)CC(C)CC(C)(C)C)c(F)cc1F. The van der Waals surface area contributed by atoms with Crippen LogP contribution in [0.15, 0.2) is 12.1 Å². The predicted molar refractivity (Wildman–Crippen MR) is 73.3 cm³/mol. The van der Waals surface area contributed by atoms with E-state index in [1.54, 1.807) is 0 Å². The van der Waals surface area contributed by atoms with E-state index in [0.717, 1.165) is 12.5 Å². The van der Waals surface area contributed by atoms with E-state index in [2.05, 4.69) is 20.8 Å². The Morgan fingerprint density at radius 1 is 1.21 bits per heavy atom. The third-order valence-corrected chi connectivity index (χ3v) is 3.04. The second kappa shape index (κ2) is 5.81. The van der Waals surface area contributed by atoms with Gasteiger partial charge in [-0.15, -0.1) is 0 Å². The van der Waals surface area contributed by atoms with Crippen LogP contribution in [0.1, 0.15) is 56.5 Å². The Balaban J connectivity index is 2.82. The Bertz CT molecular complexity index is 472. The number of hydrogen-bond donors (Lipinski definition) is 0. The van der Waals surface area contributed by atoms with Crippen LogP contribution in [0.4, 0.5) is 8.78 Å². The molecular formula is C16H22F2O. The van der Waals surface area contributed by atoms with Gasteiger partial charge in [0.2, 0.25) is 0 Å². The minimum absolute atomic E-state index is 0.000316. The minimum atomic E-state index is -0.768. The third-order valence-electron chi connectivity index (χ3n) is 3.04. The summed E-state index contributed by atoms with van der Waals surface area (Å²) in [4.78, 5) is 12.1. The number of carbonyl (C=O) groups is 1. The molecule has 1 aromatic rings. The molecule has 1 rings (SSSR count). The first kappa shape index (κ1) is 15.8. The van der Waals surface area contributed by atoms with E-state index in [1.807, 2.05) is 6.92 Å². The number of benzene rings is 1. The molecule has 0 aliphatic rings. The topological polar surface area (TPSA) is 17.1 Å². The Morgan fingerprint density at radius 2 is 1.79 bits per heavy atom. The lowest BCUT2D eigenvalue weighted by atomic mass is 9.83. The van der Waals surface area contributed by atoms with Crippen LogP contribution in [-0.2, 0) is 0 Å². The van der Waals surface area contributed by atoms with Crippen molar-refractivity contribution < 1.29 is 13.6 Å². The first-order chi connectivity index (χ1) is 8.60. The van der Waals surface area contributed by atoms with Gasteiger partial charge in [-0.1, -0.05) is 27.7 Å². The van der Waals surface area contributed by atoms with E-state index >= 15 is 0 Å². The molecule has 106 valence electrons. The van der Waals surface area contributed by atoms with Crippen molar-refractivity contribution >= 4 is 5.78 Å². The standard InChI is InChI=1S/C16H22F2O/c1-10(9-16(3,4)5)6-15(19)12-7-11(2)13(17)8-14(12)18/h7-8,10H,6,9H2,1-5H3. The fourth-order valence-corrected chi connectivity index (χ4v) is 2.41. The van der Waals surface area contributed by atoms with E-state index in [1.165, 1.54) is 13.0 Å². The van der Waals surface area contributed by atoms with Crippen molar-refractivity contribution in [1.82, 2.24) is 0 Å². The predicted octanol–water partition coefficient (Wildman–Crippen LogP) is 4.92. The monoisotopic (exact) mass is 268 g/mol. The van der Waals surface area contributed by atoms with Gasteiger partial charge in [0.15, 0.2) is 5.78 Å². The zero-order chi connectivity index (χ0) is 14.8. The molecule has 1 atom stereocenters. The van der Waals surface area contributed by atoms with E-state index in [9.17, 15) is 13.6 Å². The molecule has 1 aromatic carbocycles. The van der Waals surface area contributed by atoms with Gasteiger partial charge in [-0.25, -0.2) is 8.78 Å². The van der Waals surface area contributed by atoms with E-state index in [4.69, 9.17) is 0 Å². The maximum absolute atomic E-state index is 13.6. The Hall–Kier alpha value is -1.25. The Labute approximate surface area is 114 Å². The highest BCUT2D eigenvalue weighted by molar-refractivity contribution is 5.96. The summed E-state index contributed by atoms with van der Waals surface area (Å²) in [6.45, 7) is 9.84. The molecular weight excluding hydrogens is 246 g/mol. The van der Waals surface area contributed by atoms with Gasteiger partial charge < -0.3 is 0 Å². The van der Waals surface area contributed by atoms with Crippen molar-refractivity contribution in [3.63, 3.8) is 0 Å². The van der Waals surface area contributed by atoms with Crippen LogP contribution in [0, 0.1) is 29.9 Å². The number of aryl methyl sites for hydroxylation is 1. The molecule has 0 saturated carbocycles. The van der Waals surface area contributed by atoms with Crippen molar-refractivity contribution in [3.8, 4) is 0 Å². The van der Waals surface area contributed by atoms with Gasteiger partial charge in [0.1, 0.15) is 11.6 Å². The van der Waals surface area contributed by atoms with Crippen LogP contribution in [0.5, 0.6) is 0 Å². The zero-order valence-electron chi connectivity index (χ0n) is 12.3. The maximum atomic E-state index is 13.6. The quantitative estimate of drug-likeness (QED) is 0.708. The maximum Gasteiger partial charge on any atom is 0.166 e. The highest BCUT2D eigenvalue weighted by atomic mass is 19.1. The van der Waals surface area contributed by atoms with Crippen LogP contribution < -0.4 is 0 Å². The first-order valence-corrected chi connectivity index (χ1v) is 6.59. The first-order valence-electron chi connectivity index (χ1n) is 6.59. The summed E-state index contributed by atoms with van der Waals surface area (Å²) >= 11 is 0. The highest BCUT2D eigenvalue weighted by Gasteiger charge is 2.20. The molecule has 3 heteroatoms. The van der Waals surface area contributed by atoms with Crippen LogP contribution in [0.2, 0.25) is 0 Å². The molecule has 1 unspecified atom stereocenters. The van der Waals surface area contributed by atoms with Crippen molar-refractivity contribution in [2.45, 2.75) is 47.5 Å². The average molecular weight is 268 g/mol. The normalized spacial score (nSPS) is 13.4. The van der Waals surface area contributed by atoms with E-state index in [-0.39, 0.29) is 22.7 Å². The molecule has 0 amide bonds. The van der Waals surface area contributed by atoms with Gasteiger partial charge in [-0.05, 0) is 36.3 Å². The van der Waals surface area contributed by atoms with Crippen LogP contribution in [0.3, 0.4) is 0 Å². The molecule has 0 radical (unpaired) electrons. The lowest BCUT2D eigenvalue weighted by molar-refractivity contribution is 0.0950. The van der Waals surface area contributed by atoms with Crippen molar-refractivity contribution in [3.05, 3.63) is 34.9 Å².